The molecule has 2 heteroatoms. The van der Waals surface area contributed by atoms with E-state index in [1.165, 1.54) is 42.1 Å². The highest BCUT2D eigenvalue weighted by molar-refractivity contribution is 9.10. The van der Waals surface area contributed by atoms with Crippen LogP contribution in [0.25, 0.3) is 0 Å². The molecule has 0 radical (unpaired) electrons. The second-order valence-corrected chi connectivity index (χ2v) is 8.12. The van der Waals surface area contributed by atoms with Crippen molar-refractivity contribution in [3.63, 3.8) is 0 Å². The molecule has 0 aliphatic heterocycles. The van der Waals surface area contributed by atoms with Crippen LogP contribution in [0, 0.1) is 11.8 Å². The van der Waals surface area contributed by atoms with Crippen LogP contribution < -0.4 is 5.32 Å². The summed E-state index contributed by atoms with van der Waals surface area (Å²) in [6, 6.07) is 10.3. The fourth-order valence-corrected chi connectivity index (χ4v) is 4.62. The maximum atomic E-state index is 3.92. The van der Waals surface area contributed by atoms with E-state index in [-0.39, 0.29) is 0 Å². The smallest absolute Gasteiger partial charge is 0.0178 e. The average molecular weight is 336 g/mol. The van der Waals surface area contributed by atoms with Crippen LogP contribution >= 0.6 is 15.9 Å². The van der Waals surface area contributed by atoms with Crippen molar-refractivity contribution < 1.29 is 0 Å². The van der Waals surface area contributed by atoms with E-state index in [1.54, 1.807) is 0 Å². The second-order valence-electron chi connectivity index (χ2n) is 7.20. The maximum Gasteiger partial charge on any atom is 0.0178 e. The molecule has 0 amide bonds. The lowest BCUT2D eigenvalue weighted by molar-refractivity contribution is 0.188. The Labute approximate surface area is 131 Å². The number of benzene rings is 1. The van der Waals surface area contributed by atoms with Crippen LogP contribution in [-0.4, -0.2) is 12.1 Å². The summed E-state index contributed by atoms with van der Waals surface area (Å²) in [7, 11) is 0. The summed E-state index contributed by atoms with van der Waals surface area (Å²) in [6.07, 6.45) is 6.81. The van der Waals surface area contributed by atoms with E-state index in [2.05, 4.69) is 59.4 Å². The van der Waals surface area contributed by atoms with Gasteiger partial charge in [-0.15, -0.1) is 0 Å². The molecule has 0 saturated heterocycles. The molecule has 20 heavy (non-hydrogen) atoms. The molecule has 0 spiro atoms. The van der Waals surface area contributed by atoms with Gasteiger partial charge in [0.15, 0.2) is 0 Å². The van der Waals surface area contributed by atoms with E-state index in [4.69, 9.17) is 0 Å². The largest absolute Gasteiger partial charge is 0.311 e. The van der Waals surface area contributed by atoms with Crippen LogP contribution in [0.15, 0.2) is 28.7 Å². The third-order valence-corrected chi connectivity index (χ3v) is 5.60. The molecule has 1 aromatic carbocycles. The van der Waals surface area contributed by atoms with Crippen LogP contribution in [0.2, 0.25) is 0 Å². The standard InChI is InChI=1S/C18H26BrN/c1-12-6-13(2)8-17(7-12)20-18-10-15(11-18)14-4-3-5-16(19)9-14/h3-5,9,12-13,15,17-18,20H,6-8,10-11H2,1-2H3. The molecule has 0 heterocycles. The minimum atomic E-state index is 0.751. The predicted molar refractivity (Wildman–Crippen MR) is 89.0 cm³/mol. The minimum Gasteiger partial charge on any atom is -0.311 e. The lowest BCUT2D eigenvalue weighted by atomic mass is 9.74. The molecule has 1 nitrogen and oxygen atoms in total. The Morgan fingerprint density at radius 3 is 2.25 bits per heavy atom. The van der Waals surface area contributed by atoms with Crippen molar-refractivity contribution in [2.45, 2.75) is 64.0 Å². The molecule has 2 fully saturated rings. The van der Waals surface area contributed by atoms with Crippen LogP contribution in [0.5, 0.6) is 0 Å². The summed E-state index contributed by atoms with van der Waals surface area (Å²) in [6.45, 7) is 4.82. The Hall–Kier alpha value is -0.340. The predicted octanol–water partition coefficient (Wildman–Crippen LogP) is 5.11. The Morgan fingerprint density at radius 2 is 1.60 bits per heavy atom. The van der Waals surface area contributed by atoms with Gasteiger partial charge in [-0.05, 0) is 67.6 Å². The molecular formula is C18H26BrN. The van der Waals surface area contributed by atoms with Gasteiger partial charge in [0.05, 0.1) is 0 Å². The van der Waals surface area contributed by atoms with Gasteiger partial charge in [-0.1, -0.05) is 41.9 Å². The van der Waals surface area contributed by atoms with Gasteiger partial charge < -0.3 is 5.32 Å². The van der Waals surface area contributed by atoms with Gasteiger partial charge in [-0.25, -0.2) is 0 Å². The van der Waals surface area contributed by atoms with Crippen molar-refractivity contribution in [3.8, 4) is 0 Å². The molecule has 1 N–H and O–H groups in total. The van der Waals surface area contributed by atoms with Gasteiger partial charge in [-0.3, -0.25) is 0 Å². The topological polar surface area (TPSA) is 12.0 Å². The highest BCUT2D eigenvalue weighted by Gasteiger charge is 2.33. The number of halogens is 1. The van der Waals surface area contributed by atoms with E-state index in [0.717, 1.165) is 29.8 Å². The van der Waals surface area contributed by atoms with Gasteiger partial charge in [0.1, 0.15) is 0 Å². The fraction of sp³-hybridized carbons (Fsp3) is 0.667. The van der Waals surface area contributed by atoms with Crippen LogP contribution in [0.1, 0.15) is 57.4 Å². The van der Waals surface area contributed by atoms with Crippen molar-refractivity contribution in [2.75, 3.05) is 0 Å². The van der Waals surface area contributed by atoms with E-state index >= 15 is 0 Å². The number of hydrogen-bond acceptors (Lipinski definition) is 1. The molecule has 0 aromatic heterocycles. The third kappa shape index (κ3) is 3.46. The van der Waals surface area contributed by atoms with E-state index in [0.29, 0.717) is 0 Å². The van der Waals surface area contributed by atoms with Gasteiger partial charge in [-0.2, -0.15) is 0 Å². The summed E-state index contributed by atoms with van der Waals surface area (Å²) in [5.41, 5.74) is 1.50. The van der Waals surface area contributed by atoms with E-state index in [1.807, 2.05) is 0 Å². The Balaban J connectivity index is 1.48. The molecule has 2 atom stereocenters. The zero-order valence-corrected chi connectivity index (χ0v) is 14.2. The van der Waals surface area contributed by atoms with E-state index in [9.17, 15) is 0 Å². The van der Waals surface area contributed by atoms with Crippen LogP contribution in [0.3, 0.4) is 0 Å². The zero-order valence-electron chi connectivity index (χ0n) is 12.6. The number of hydrogen-bond donors (Lipinski definition) is 1. The Kier molecular flexibility index (Phi) is 4.52. The first kappa shape index (κ1) is 14.6. The van der Waals surface area contributed by atoms with Crippen molar-refractivity contribution in [2.24, 2.45) is 11.8 Å². The van der Waals surface area contributed by atoms with Gasteiger partial charge in [0.25, 0.3) is 0 Å². The SMILES string of the molecule is CC1CC(C)CC(NC2CC(c3cccc(Br)c3)C2)C1. The van der Waals surface area contributed by atoms with Crippen molar-refractivity contribution in [3.05, 3.63) is 34.3 Å². The highest BCUT2D eigenvalue weighted by Crippen LogP contribution is 2.39. The molecular weight excluding hydrogens is 310 g/mol. The lowest BCUT2D eigenvalue weighted by Crippen LogP contribution is -2.47. The number of nitrogens with one attached hydrogen (secondary N) is 1. The summed E-state index contributed by atoms with van der Waals surface area (Å²) in [5.74, 6) is 2.57. The summed E-state index contributed by atoms with van der Waals surface area (Å²) in [4.78, 5) is 0. The fourth-order valence-electron chi connectivity index (χ4n) is 4.20. The van der Waals surface area contributed by atoms with E-state index < -0.39 is 0 Å². The molecule has 2 saturated carbocycles. The first-order valence-electron chi connectivity index (χ1n) is 8.11. The Morgan fingerprint density at radius 1 is 0.950 bits per heavy atom. The first-order chi connectivity index (χ1) is 9.60. The summed E-state index contributed by atoms with van der Waals surface area (Å²) < 4.78 is 1.21. The van der Waals surface area contributed by atoms with Crippen LogP contribution in [-0.2, 0) is 0 Å². The van der Waals surface area contributed by atoms with Gasteiger partial charge in [0.2, 0.25) is 0 Å². The molecule has 110 valence electrons. The molecule has 2 unspecified atom stereocenters. The third-order valence-electron chi connectivity index (χ3n) is 5.11. The molecule has 1 aromatic rings. The molecule has 2 aliphatic rings. The molecule has 0 bridgehead atoms. The Bertz CT molecular complexity index is 442. The molecule has 2 aliphatic carbocycles. The number of rotatable bonds is 3. The maximum absolute atomic E-state index is 3.92. The lowest BCUT2D eigenvalue weighted by Gasteiger charge is -2.41. The summed E-state index contributed by atoms with van der Waals surface area (Å²) >= 11 is 3.58. The minimum absolute atomic E-state index is 0.751. The van der Waals surface area contributed by atoms with Crippen molar-refractivity contribution >= 4 is 15.9 Å². The van der Waals surface area contributed by atoms with Crippen molar-refractivity contribution in [1.29, 1.82) is 0 Å². The van der Waals surface area contributed by atoms with Gasteiger partial charge >= 0.3 is 0 Å². The summed E-state index contributed by atoms with van der Waals surface area (Å²) in [5, 5.41) is 3.92. The van der Waals surface area contributed by atoms with Gasteiger partial charge in [0, 0.05) is 16.6 Å². The van der Waals surface area contributed by atoms with Crippen molar-refractivity contribution in [1.82, 2.24) is 5.32 Å². The first-order valence-corrected chi connectivity index (χ1v) is 8.91. The normalized spacial score (nSPS) is 37.5. The van der Waals surface area contributed by atoms with Crippen LogP contribution in [0.4, 0.5) is 0 Å². The monoisotopic (exact) mass is 335 g/mol. The molecule has 3 rings (SSSR count). The quantitative estimate of drug-likeness (QED) is 0.809. The zero-order chi connectivity index (χ0) is 14.1. The average Bonchev–Trinajstić information content (AvgIpc) is 2.32. The second kappa shape index (κ2) is 6.19. The highest BCUT2D eigenvalue weighted by atomic mass is 79.9.